The van der Waals surface area contributed by atoms with Gasteiger partial charge in [0.15, 0.2) is 5.16 Å². The maximum absolute atomic E-state index is 12.4. The van der Waals surface area contributed by atoms with Gasteiger partial charge in [0.2, 0.25) is 11.8 Å². The van der Waals surface area contributed by atoms with Crippen molar-refractivity contribution >= 4 is 35.0 Å². The minimum atomic E-state index is -0.339. The van der Waals surface area contributed by atoms with Gasteiger partial charge in [-0.3, -0.25) is 14.2 Å². The van der Waals surface area contributed by atoms with Crippen LogP contribution in [-0.2, 0) is 4.79 Å². The van der Waals surface area contributed by atoms with Gasteiger partial charge in [-0.2, -0.15) is 4.98 Å². The molecule has 1 heterocycles. The highest BCUT2D eigenvalue weighted by Crippen LogP contribution is 2.32. The van der Waals surface area contributed by atoms with Crippen molar-refractivity contribution in [3.8, 4) is 11.6 Å². The molecule has 0 aliphatic heterocycles. The Labute approximate surface area is 165 Å². The highest BCUT2D eigenvalue weighted by atomic mass is 35.5. The van der Waals surface area contributed by atoms with E-state index >= 15 is 0 Å². The van der Waals surface area contributed by atoms with Gasteiger partial charge in [-0.05, 0) is 31.0 Å². The number of amides is 1. The van der Waals surface area contributed by atoms with Crippen molar-refractivity contribution in [2.45, 2.75) is 36.9 Å². The molecule has 1 aromatic heterocycles. The summed E-state index contributed by atoms with van der Waals surface area (Å²) in [7, 11) is 1.50. The van der Waals surface area contributed by atoms with Crippen molar-refractivity contribution in [1.29, 1.82) is 0 Å². The number of halogens is 1. The summed E-state index contributed by atoms with van der Waals surface area (Å²) in [5.74, 6) is -0.112. The lowest BCUT2D eigenvalue weighted by Gasteiger charge is -2.17. The molecule has 2 N–H and O–H groups in total. The van der Waals surface area contributed by atoms with Crippen LogP contribution in [-0.4, -0.2) is 33.4 Å². The lowest BCUT2D eigenvalue weighted by atomic mass is 10.2. The van der Waals surface area contributed by atoms with E-state index in [0.29, 0.717) is 21.6 Å². The van der Waals surface area contributed by atoms with Gasteiger partial charge in [0.25, 0.3) is 5.56 Å². The highest BCUT2D eigenvalue weighted by molar-refractivity contribution is 7.99. The van der Waals surface area contributed by atoms with Gasteiger partial charge in [-0.1, -0.05) is 36.2 Å². The fourth-order valence-electron chi connectivity index (χ4n) is 3.15. The molecule has 1 fully saturated rings. The second-order valence-corrected chi connectivity index (χ2v) is 7.60. The van der Waals surface area contributed by atoms with Crippen LogP contribution >= 0.6 is 23.4 Å². The van der Waals surface area contributed by atoms with E-state index in [1.54, 1.807) is 22.8 Å². The number of nitrogens with one attached hydrogen (secondary N) is 1. The molecule has 0 radical (unpaired) electrons. The molecule has 1 amide bonds. The highest BCUT2D eigenvalue weighted by Gasteiger charge is 2.22. The van der Waals surface area contributed by atoms with Gasteiger partial charge < -0.3 is 15.2 Å². The number of anilines is 1. The lowest BCUT2D eigenvalue weighted by Crippen LogP contribution is -2.26. The van der Waals surface area contributed by atoms with Gasteiger partial charge >= 0.3 is 0 Å². The molecule has 1 saturated carbocycles. The minimum Gasteiger partial charge on any atom is -0.495 e. The number of aromatic hydroxyl groups is 1. The summed E-state index contributed by atoms with van der Waals surface area (Å²) >= 11 is 7.08. The molecule has 7 nitrogen and oxygen atoms in total. The molecule has 144 valence electrons. The third kappa shape index (κ3) is 4.75. The molecule has 1 aliphatic carbocycles. The van der Waals surface area contributed by atoms with Crippen LogP contribution in [0.2, 0.25) is 5.02 Å². The van der Waals surface area contributed by atoms with Gasteiger partial charge in [0.1, 0.15) is 5.75 Å². The average molecular weight is 410 g/mol. The van der Waals surface area contributed by atoms with E-state index in [4.69, 9.17) is 16.3 Å². The molecule has 0 spiro atoms. The van der Waals surface area contributed by atoms with Crippen LogP contribution in [0.15, 0.2) is 34.2 Å². The second kappa shape index (κ2) is 8.67. The number of carbonyl (C=O) groups excluding carboxylic acids is 1. The first-order valence-corrected chi connectivity index (χ1v) is 9.93. The van der Waals surface area contributed by atoms with Crippen LogP contribution in [0.4, 0.5) is 5.69 Å². The van der Waals surface area contributed by atoms with E-state index in [0.717, 1.165) is 43.5 Å². The first-order valence-electron chi connectivity index (χ1n) is 8.56. The monoisotopic (exact) mass is 409 g/mol. The molecule has 9 heteroatoms. The summed E-state index contributed by atoms with van der Waals surface area (Å²) in [5.41, 5.74) is 0.168. The van der Waals surface area contributed by atoms with Crippen molar-refractivity contribution in [1.82, 2.24) is 9.55 Å². The van der Waals surface area contributed by atoms with Crippen molar-refractivity contribution in [3.05, 3.63) is 39.6 Å². The number of benzene rings is 1. The molecule has 2 aromatic rings. The van der Waals surface area contributed by atoms with Crippen molar-refractivity contribution < 1.29 is 14.6 Å². The Hall–Kier alpha value is -2.19. The van der Waals surface area contributed by atoms with E-state index in [9.17, 15) is 14.7 Å². The van der Waals surface area contributed by atoms with Crippen molar-refractivity contribution in [3.63, 3.8) is 0 Å². The third-order valence-electron chi connectivity index (χ3n) is 4.36. The Bertz CT molecular complexity index is 897. The lowest BCUT2D eigenvalue weighted by molar-refractivity contribution is -0.113. The summed E-state index contributed by atoms with van der Waals surface area (Å²) in [6, 6.07) is 6.11. The predicted molar refractivity (Wildman–Crippen MR) is 105 cm³/mol. The van der Waals surface area contributed by atoms with E-state index in [2.05, 4.69) is 10.3 Å². The topological polar surface area (TPSA) is 93.5 Å². The predicted octanol–water partition coefficient (Wildman–Crippen LogP) is 3.46. The quantitative estimate of drug-likeness (QED) is 0.560. The Morgan fingerprint density at radius 2 is 2.15 bits per heavy atom. The summed E-state index contributed by atoms with van der Waals surface area (Å²) in [6.45, 7) is 0. The van der Waals surface area contributed by atoms with Gasteiger partial charge in [-0.15, -0.1) is 0 Å². The SMILES string of the molecule is COc1ccc(Cl)cc1NC(=O)CSc1nc(O)cc(=O)n1C1CCCC1. The molecular weight excluding hydrogens is 390 g/mol. The van der Waals surface area contributed by atoms with Crippen molar-refractivity contribution in [2.24, 2.45) is 0 Å². The molecule has 0 saturated heterocycles. The zero-order valence-electron chi connectivity index (χ0n) is 14.8. The fourth-order valence-corrected chi connectivity index (χ4v) is 4.19. The number of hydrogen-bond donors (Lipinski definition) is 2. The molecule has 1 aromatic carbocycles. The molecule has 27 heavy (non-hydrogen) atoms. The van der Waals surface area contributed by atoms with Crippen molar-refractivity contribution in [2.75, 3.05) is 18.2 Å². The number of hydrogen-bond acceptors (Lipinski definition) is 6. The van der Waals surface area contributed by atoms with E-state index in [1.165, 1.54) is 7.11 Å². The zero-order valence-corrected chi connectivity index (χ0v) is 16.3. The zero-order chi connectivity index (χ0) is 19.4. The number of rotatable bonds is 6. The summed E-state index contributed by atoms with van der Waals surface area (Å²) in [5, 5.41) is 13.3. The van der Waals surface area contributed by atoms with Crippen LogP contribution in [0, 0.1) is 0 Å². The van der Waals surface area contributed by atoms with Crippen LogP contribution < -0.4 is 15.6 Å². The smallest absolute Gasteiger partial charge is 0.258 e. The fraction of sp³-hybridized carbons (Fsp3) is 0.389. The van der Waals surface area contributed by atoms with Gasteiger partial charge in [0, 0.05) is 11.1 Å². The van der Waals surface area contributed by atoms with E-state index in [1.807, 2.05) is 0 Å². The van der Waals surface area contributed by atoms with Gasteiger partial charge in [0.05, 0.1) is 24.6 Å². The molecule has 0 bridgehead atoms. The van der Waals surface area contributed by atoms with E-state index in [-0.39, 0.29) is 29.1 Å². The Balaban J connectivity index is 1.74. The van der Waals surface area contributed by atoms with E-state index < -0.39 is 0 Å². The van der Waals surface area contributed by atoms with Gasteiger partial charge in [-0.25, -0.2) is 0 Å². The first kappa shape index (κ1) is 19.6. The number of carbonyl (C=O) groups is 1. The number of thioether (sulfide) groups is 1. The Morgan fingerprint density at radius 1 is 1.41 bits per heavy atom. The molecular formula is C18H20ClN3O4S. The normalized spacial score (nSPS) is 14.3. The summed E-state index contributed by atoms with van der Waals surface area (Å²) in [6.07, 6.45) is 3.89. The minimum absolute atomic E-state index is 0.0261. The first-order chi connectivity index (χ1) is 13.0. The standard InChI is InChI=1S/C18H20ClN3O4S/c1-26-14-7-6-11(19)8-13(14)20-16(24)10-27-18-21-15(23)9-17(25)22(18)12-4-2-3-5-12/h6-9,12,23H,2-5,10H2,1H3,(H,20,24). The summed E-state index contributed by atoms with van der Waals surface area (Å²) < 4.78 is 6.80. The summed E-state index contributed by atoms with van der Waals surface area (Å²) in [4.78, 5) is 28.7. The molecule has 0 unspecified atom stereocenters. The van der Waals surface area contributed by atoms with Crippen LogP contribution in [0.3, 0.4) is 0 Å². The molecule has 0 atom stereocenters. The molecule has 1 aliphatic rings. The largest absolute Gasteiger partial charge is 0.495 e. The number of nitrogens with zero attached hydrogens (tertiary/aromatic N) is 2. The maximum Gasteiger partial charge on any atom is 0.258 e. The number of ether oxygens (including phenoxy) is 1. The third-order valence-corrected chi connectivity index (χ3v) is 5.55. The number of methoxy groups -OCH3 is 1. The number of aromatic nitrogens is 2. The average Bonchev–Trinajstić information content (AvgIpc) is 3.13. The Kier molecular flexibility index (Phi) is 6.28. The molecule has 3 rings (SSSR count). The van der Waals surface area contributed by atoms with Crippen LogP contribution in [0.5, 0.6) is 11.6 Å². The Morgan fingerprint density at radius 3 is 2.85 bits per heavy atom. The van der Waals surface area contributed by atoms with Crippen LogP contribution in [0.25, 0.3) is 0 Å². The van der Waals surface area contributed by atoms with Crippen LogP contribution in [0.1, 0.15) is 31.7 Å². The maximum atomic E-state index is 12.4. The second-order valence-electron chi connectivity index (χ2n) is 6.22.